The summed E-state index contributed by atoms with van der Waals surface area (Å²) >= 11 is 0. The third kappa shape index (κ3) is 6.32. The van der Waals surface area contributed by atoms with Crippen molar-refractivity contribution in [1.29, 1.82) is 0 Å². The second-order valence-electron chi connectivity index (χ2n) is 7.06. The normalized spacial score (nSPS) is 16.3. The van der Waals surface area contributed by atoms with Gasteiger partial charge in [0, 0.05) is 37.6 Å². The minimum atomic E-state index is -0.858. The zero-order valence-electron chi connectivity index (χ0n) is 15.4. The van der Waals surface area contributed by atoms with Gasteiger partial charge >= 0.3 is 0 Å². The highest BCUT2D eigenvalue weighted by molar-refractivity contribution is 5.82. The molecule has 5 N–H and O–H groups in total. The Morgan fingerprint density at radius 2 is 1.92 bits per heavy atom. The fraction of sp³-hybridized carbons (Fsp3) is 0.526. The van der Waals surface area contributed by atoms with Crippen molar-refractivity contribution in [2.45, 2.75) is 38.4 Å². The van der Waals surface area contributed by atoms with Crippen LogP contribution in [0.4, 0.5) is 0 Å². The molecule has 142 valence electrons. The number of morpholine rings is 1. The molecule has 1 aliphatic rings. The molecule has 26 heavy (non-hydrogen) atoms. The summed E-state index contributed by atoms with van der Waals surface area (Å²) in [6, 6.07) is 10.3. The van der Waals surface area contributed by atoms with Gasteiger partial charge in [-0.15, -0.1) is 0 Å². The summed E-state index contributed by atoms with van der Waals surface area (Å²) in [5.74, 6) is 2.37. The molecular weight excluding hydrogens is 332 g/mol. The van der Waals surface area contributed by atoms with E-state index in [1.54, 1.807) is 19.3 Å². The van der Waals surface area contributed by atoms with E-state index in [-0.39, 0.29) is 0 Å². The van der Waals surface area contributed by atoms with Crippen LogP contribution in [0, 0.1) is 12.0 Å². The maximum atomic E-state index is 11.6. The topological polar surface area (TPSA) is 99.9 Å². The number of carbonyl (C=O) groups excluding carboxylic acids is 1. The summed E-state index contributed by atoms with van der Waals surface area (Å²) in [4.78, 5) is 14.0. The molecule has 1 saturated heterocycles. The first-order valence-electron chi connectivity index (χ1n) is 8.74. The zero-order chi connectivity index (χ0) is 19.0. The van der Waals surface area contributed by atoms with Crippen molar-refractivity contribution >= 4 is 5.91 Å². The molecule has 0 bridgehead atoms. The lowest BCUT2D eigenvalue weighted by atomic mass is 9.95. The zero-order valence-corrected chi connectivity index (χ0v) is 15.4. The summed E-state index contributed by atoms with van der Waals surface area (Å²) in [6.45, 7) is 7.85. The Bertz CT molecular complexity index is 637. The number of benzene rings is 1. The predicted molar refractivity (Wildman–Crippen MR) is 99.1 cm³/mol. The first-order chi connectivity index (χ1) is 12.4. The van der Waals surface area contributed by atoms with E-state index in [0.29, 0.717) is 6.42 Å². The number of amides is 1. The van der Waals surface area contributed by atoms with Gasteiger partial charge in [-0.3, -0.25) is 14.9 Å². The first-order valence-corrected chi connectivity index (χ1v) is 8.74. The van der Waals surface area contributed by atoms with Crippen LogP contribution < -0.4 is 16.5 Å². The Morgan fingerprint density at radius 1 is 1.31 bits per heavy atom. The van der Waals surface area contributed by atoms with Gasteiger partial charge in [0.1, 0.15) is 6.04 Å². The predicted octanol–water partition coefficient (Wildman–Crippen LogP) is 0.223. The minimum absolute atomic E-state index is 0.559. The molecule has 1 heterocycles. The van der Waals surface area contributed by atoms with Crippen LogP contribution in [0.2, 0.25) is 0 Å². The van der Waals surface area contributed by atoms with Crippen molar-refractivity contribution in [1.82, 2.24) is 15.7 Å². The van der Waals surface area contributed by atoms with Gasteiger partial charge < -0.3 is 15.8 Å². The molecule has 1 fully saturated rings. The number of nitrogens with zero attached hydrogens (tertiary/aromatic N) is 1. The molecule has 0 aliphatic carbocycles. The van der Waals surface area contributed by atoms with E-state index in [9.17, 15) is 4.79 Å². The van der Waals surface area contributed by atoms with Gasteiger partial charge in [0.15, 0.2) is 0 Å². The van der Waals surface area contributed by atoms with E-state index in [0.717, 1.165) is 38.4 Å². The Labute approximate surface area is 154 Å². The number of hydrogen-bond donors (Lipinski definition) is 4. The number of rotatable bonds is 6. The third-order valence-corrected chi connectivity index (χ3v) is 4.25. The smallest absolute Gasteiger partial charge is 0.268 e. The van der Waals surface area contributed by atoms with E-state index in [2.05, 4.69) is 46.4 Å². The van der Waals surface area contributed by atoms with Crippen LogP contribution in [0.15, 0.2) is 24.3 Å². The fourth-order valence-electron chi connectivity index (χ4n) is 2.70. The molecule has 1 aromatic carbocycles. The van der Waals surface area contributed by atoms with E-state index in [4.69, 9.17) is 15.7 Å². The van der Waals surface area contributed by atoms with Crippen LogP contribution >= 0.6 is 0 Å². The highest BCUT2D eigenvalue weighted by Gasteiger charge is 2.31. The molecule has 1 amide bonds. The Morgan fingerprint density at radius 3 is 2.50 bits per heavy atom. The fourth-order valence-corrected chi connectivity index (χ4v) is 2.70. The summed E-state index contributed by atoms with van der Waals surface area (Å²) in [5.41, 5.74) is 9.05. The number of carbonyl (C=O) groups is 1. The maximum Gasteiger partial charge on any atom is 0.268 e. The van der Waals surface area contributed by atoms with Crippen molar-refractivity contribution in [2.24, 2.45) is 5.73 Å². The molecule has 0 saturated carbocycles. The molecule has 7 heteroatoms. The Balaban J connectivity index is 1.85. The standard InChI is InChI=1S/C19H28N4O3/c1-19(2,20)17(18(24)22-25)21-9-3-4-15-5-7-16(8-6-15)14-23-10-12-26-13-11-23/h5-8,17,21,25H,4,10-14,20H2,1-2H3,(H,22,24). The van der Waals surface area contributed by atoms with Crippen LogP contribution in [-0.4, -0.2) is 53.9 Å². The van der Waals surface area contributed by atoms with Gasteiger partial charge in [-0.25, -0.2) is 5.48 Å². The highest BCUT2D eigenvalue weighted by atomic mass is 16.5. The summed E-state index contributed by atoms with van der Waals surface area (Å²) in [7, 11) is 0. The lowest BCUT2D eigenvalue weighted by Crippen LogP contribution is -2.59. The lowest BCUT2D eigenvalue weighted by Gasteiger charge is -2.27. The molecule has 1 atom stereocenters. The van der Waals surface area contributed by atoms with Crippen molar-refractivity contribution in [3.8, 4) is 12.0 Å². The Kier molecular flexibility index (Phi) is 7.42. The van der Waals surface area contributed by atoms with Crippen molar-refractivity contribution < 1.29 is 14.7 Å². The molecule has 0 radical (unpaired) electrons. The SMILES string of the molecule is CC(C)(N)C(NC#CCc1ccc(CN2CCOCC2)cc1)C(=O)NO. The van der Waals surface area contributed by atoms with Crippen molar-refractivity contribution in [2.75, 3.05) is 26.3 Å². The Hall–Kier alpha value is -2.11. The third-order valence-electron chi connectivity index (χ3n) is 4.25. The van der Waals surface area contributed by atoms with Gasteiger partial charge in [-0.1, -0.05) is 30.2 Å². The van der Waals surface area contributed by atoms with E-state index < -0.39 is 17.5 Å². The van der Waals surface area contributed by atoms with Crippen LogP contribution in [0.25, 0.3) is 0 Å². The van der Waals surface area contributed by atoms with Crippen molar-refractivity contribution in [3.63, 3.8) is 0 Å². The van der Waals surface area contributed by atoms with E-state index >= 15 is 0 Å². The number of nitrogens with one attached hydrogen (secondary N) is 2. The monoisotopic (exact) mass is 360 g/mol. The first kappa shape index (κ1) is 20.2. The molecule has 0 spiro atoms. The van der Waals surface area contributed by atoms with Crippen LogP contribution in [0.5, 0.6) is 0 Å². The van der Waals surface area contributed by atoms with Gasteiger partial charge in [0.05, 0.1) is 13.2 Å². The minimum Gasteiger partial charge on any atom is -0.379 e. The number of hydrogen-bond acceptors (Lipinski definition) is 6. The van der Waals surface area contributed by atoms with E-state index in [1.165, 1.54) is 5.56 Å². The van der Waals surface area contributed by atoms with Gasteiger partial charge in [0.25, 0.3) is 5.91 Å². The van der Waals surface area contributed by atoms with Gasteiger partial charge in [-0.2, -0.15) is 0 Å². The second-order valence-corrected chi connectivity index (χ2v) is 7.06. The van der Waals surface area contributed by atoms with Crippen LogP contribution in [0.1, 0.15) is 25.0 Å². The lowest BCUT2D eigenvalue weighted by molar-refractivity contribution is -0.132. The van der Waals surface area contributed by atoms with E-state index in [1.807, 2.05) is 0 Å². The summed E-state index contributed by atoms with van der Waals surface area (Å²) < 4.78 is 5.36. The molecule has 0 aromatic heterocycles. The molecule has 2 rings (SSSR count). The number of ether oxygens (including phenoxy) is 1. The molecule has 1 unspecified atom stereocenters. The number of nitrogens with two attached hydrogens (primary N) is 1. The molecule has 1 aliphatic heterocycles. The quantitative estimate of drug-likeness (QED) is 0.251. The summed E-state index contributed by atoms with van der Waals surface area (Å²) in [5, 5.41) is 11.6. The largest absolute Gasteiger partial charge is 0.379 e. The molecular formula is C19H28N4O3. The van der Waals surface area contributed by atoms with Gasteiger partial charge in [-0.05, 0) is 25.0 Å². The molecule has 7 nitrogen and oxygen atoms in total. The summed E-state index contributed by atoms with van der Waals surface area (Å²) in [6.07, 6.45) is 0.559. The van der Waals surface area contributed by atoms with Crippen LogP contribution in [0.3, 0.4) is 0 Å². The maximum absolute atomic E-state index is 11.6. The van der Waals surface area contributed by atoms with Gasteiger partial charge in [0.2, 0.25) is 0 Å². The van der Waals surface area contributed by atoms with Crippen molar-refractivity contribution in [3.05, 3.63) is 35.4 Å². The molecule has 1 aromatic rings. The second kappa shape index (κ2) is 9.55. The average molecular weight is 360 g/mol. The van der Waals surface area contributed by atoms with Crippen LogP contribution in [-0.2, 0) is 22.5 Å². The highest BCUT2D eigenvalue weighted by Crippen LogP contribution is 2.09. The number of hydroxylamine groups is 1. The average Bonchev–Trinajstić information content (AvgIpc) is 2.62.